The summed E-state index contributed by atoms with van der Waals surface area (Å²) in [6.45, 7) is 3.06. The zero-order valence-electron chi connectivity index (χ0n) is 8.32. The molecule has 1 fully saturated rings. The van der Waals surface area contributed by atoms with Gasteiger partial charge in [-0.1, -0.05) is 0 Å². The molecule has 5 nitrogen and oxygen atoms in total. The van der Waals surface area contributed by atoms with Crippen molar-refractivity contribution in [3.63, 3.8) is 0 Å². The second-order valence-electron chi connectivity index (χ2n) is 3.33. The van der Waals surface area contributed by atoms with Crippen LogP contribution in [0.25, 0.3) is 0 Å². The van der Waals surface area contributed by atoms with E-state index in [1.165, 1.54) is 16.2 Å². The molecule has 1 N–H and O–H groups in total. The first-order valence-electron chi connectivity index (χ1n) is 4.65. The fraction of sp³-hybridized carbons (Fsp3) is 0.444. The van der Waals surface area contributed by atoms with Gasteiger partial charge in [-0.2, -0.15) is 0 Å². The van der Waals surface area contributed by atoms with Crippen molar-refractivity contribution in [3.8, 4) is 0 Å². The smallest absolute Gasteiger partial charge is 0.273 e. The Morgan fingerprint density at radius 1 is 1.67 bits per heavy atom. The van der Waals surface area contributed by atoms with Crippen LogP contribution in [0.4, 0.5) is 0 Å². The highest BCUT2D eigenvalue weighted by atomic mass is 32.1. The summed E-state index contributed by atoms with van der Waals surface area (Å²) in [6, 6.07) is 0. The molecule has 80 valence electrons. The average molecular weight is 225 g/mol. The van der Waals surface area contributed by atoms with E-state index in [0.717, 1.165) is 5.01 Å². The van der Waals surface area contributed by atoms with Crippen molar-refractivity contribution in [2.75, 3.05) is 19.6 Å². The molecule has 2 amide bonds. The van der Waals surface area contributed by atoms with E-state index in [1.807, 2.05) is 6.92 Å². The van der Waals surface area contributed by atoms with Gasteiger partial charge in [-0.05, 0) is 6.92 Å². The van der Waals surface area contributed by atoms with E-state index >= 15 is 0 Å². The van der Waals surface area contributed by atoms with Crippen LogP contribution in [0, 0.1) is 6.92 Å². The third-order valence-corrected chi connectivity index (χ3v) is 2.94. The first-order valence-corrected chi connectivity index (χ1v) is 5.53. The summed E-state index contributed by atoms with van der Waals surface area (Å²) < 4.78 is 0. The normalized spacial score (nSPS) is 16.3. The van der Waals surface area contributed by atoms with Crippen LogP contribution in [-0.2, 0) is 4.79 Å². The van der Waals surface area contributed by atoms with Gasteiger partial charge in [0.15, 0.2) is 0 Å². The minimum Gasteiger partial charge on any atom is -0.353 e. The summed E-state index contributed by atoms with van der Waals surface area (Å²) in [5.74, 6) is -0.268. The molecule has 0 unspecified atom stereocenters. The average Bonchev–Trinajstić information content (AvgIpc) is 2.64. The van der Waals surface area contributed by atoms with E-state index in [2.05, 4.69) is 10.3 Å². The van der Waals surface area contributed by atoms with Crippen LogP contribution in [0.3, 0.4) is 0 Å². The Balaban J connectivity index is 2.10. The first-order chi connectivity index (χ1) is 7.16. The molecule has 1 aliphatic rings. The van der Waals surface area contributed by atoms with E-state index in [9.17, 15) is 9.59 Å². The first kappa shape index (κ1) is 10.1. The molecular weight excluding hydrogens is 214 g/mol. The Labute approximate surface area is 91.1 Å². The summed E-state index contributed by atoms with van der Waals surface area (Å²) >= 11 is 1.44. The van der Waals surface area contributed by atoms with Crippen molar-refractivity contribution in [3.05, 3.63) is 16.1 Å². The number of rotatable bonds is 1. The molecule has 6 heteroatoms. The van der Waals surface area contributed by atoms with Gasteiger partial charge in [-0.15, -0.1) is 11.3 Å². The zero-order chi connectivity index (χ0) is 10.8. The minimum absolute atomic E-state index is 0.110. The van der Waals surface area contributed by atoms with Gasteiger partial charge < -0.3 is 10.2 Å². The summed E-state index contributed by atoms with van der Waals surface area (Å²) in [5, 5.41) is 5.26. The largest absolute Gasteiger partial charge is 0.353 e. The molecule has 2 rings (SSSR count). The Morgan fingerprint density at radius 2 is 2.47 bits per heavy atom. The minimum atomic E-state index is -0.158. The number of aryl methyl sites for hydroxylation is 1. The summed E-state index contributed by atoms with van der Waals surface area (Å²) in [5.41, 5.74) is 0.437. The van der Waals surface area contributed by atoms with Crippen molar-refractivity contribution in [2.24, 2.45) is 0 Å². The van der Waals surface area contributed by atoms with Gasteiger partial charge in [0.25, 0.3) is 5.91 Å². The second kappa shape index (κ2) is 3.98. The number of hydrogen-bond acceptors (Lipinski definition) is 4. The van der Waals surface area contributed by atoms with Crippen LogP contribution in [0.5, 0.6) is 0 Å². The third kappa shape index (κ3) is 2.15. The van der Waals surface area contributed by atoms with Crippen LogP contribution >= 0.6 is 11.3 Å². The molecule has 2 heterocycles. The van der Waals surface area contributed by atoms with Gasteiger partial charge in [-0.25, -0.2) is 4.98 Å². The maximum Gasteiger partial charge on any atom is 0.273 e. The molecule has 15 heavy (non-hydrogen) atoms. The van der Waals surface area contributed by atoms with Gasteiger partial charge >= 0.3 is 0 Å². The van der Waals surface area contributed by atoms with E-state index in [4.69, 9.17) is 0 Å². The quantitative estimate of drug-likeness (QED) is 0.733. The number of piperazine rings is 1. The highest BCUT2D eigenvalue weighted by molar-refractivity contribution is 7.09. The van der Waals surface area contributed by atoms with E-state index in [0.29, 0.717) is 18.8 Å². The number of carbonyl (C=O) groups excluding carboxylic acids is 2. The number of aromatic nitrogens is 1. The van der Waals surface area contributed by atoms with Crippen LogP contribution in [0.1, 0.15) is 15.5 Å². The highest BCUT2D eigenvalue weighted by Gasteiger charge is 2.23. The lowest BCUT2D eigenvalue weighted by atomic mass is 10.3. The molecule has 0 saturated carbocycles. The molecule has 0 spiro atoms. The molecule has 1 aromatic heterocycles. The maximum absolute atomic E-state index is 11.8. The van der Waals surface area contributed by atoms with Gasteiger partial charge in [0.1, 0.15) is 5.69 Å². The lowest BCUT2D eigenvalue weighted by Crippen LogP contribution is -2.50. The van der Waals surface area contributed by atoms with Gasteiger partial charge in [0.05, 0.1) is 11.6 Å². The molecule has 0 aromatic carbocycles. The lowest BCUT2D eigenvalue weighted by molar-refractivity contribution is -0.123. The van der Waals surface area contributed by atoms with Crippen LogP contribution in [0.2, 0.25) is 0 Å². The van der Waals surface area contributed by atoms with Gasteiger partial charge in [-0.3, -0.25) is 9.59 Å². The summed E-state index contributed by atoms with van der Waals surface area (Å²) in [4.78, 5) is 28.6. The van der Waals surface area contributed by atoms with E-state index in [-0.39, 0.29) is 18.4 Å². The van der Waals surface area contributed by atoms with Crippen LogP contribution in [0.15, 0.2) is 5.38 Å². The standard InChI is InChI=1S/C9H11N3O2S/c1-6-11-7(5-15-6)9(14)12-3-2-10-8(13)4-12/h5H,2-4H2,1H3,(H,10,13). The fourth-order valence-corrected chi connectivity index (χ4v) is 2.02. The Bertz CT molecular complexity index is 402. The SMILES string of the molecule is Cc1nc(C(=O)N2CCNC(=O)C2)cs1. The second-order valence-corrected chi connectivity index (χ2v) is 4.39. The molecule has 0 aliphatic carbocycles. The molecule has 1 aromatic rings. The van der Waals surface area contributed by atoms with E-state index in [1.54, 1.807) is 5.38 Å². The zero-order valence-corrected chi connectivity index (χ0v) is 9.13. The lowest BCUT2D eigenvalue weighted by Gasteiger charge is -2.25. The Hall–Kier alpha value is -1.43. The Morgan fingerprint density at radius 3 is 3.07 bits per heavy atom. The molecule has 0 bridgehead atoms. The monoisotopic (exact) mass is 225 g/mol. The molecule has 1 saturated heterocycles. The van der Waals surface area contributed by atoms with Gasteiger partial charge in [0.2, 0.25) is 5.91 Å². The van der Waals surface area contributed by atoms with Crippen molar-refractivity contribution in [1.82, 2.24) is 15.2 Å². The van der Waals surface area contributed by atoms with Crippen LogP contribution in [-0.4, -0.2) is 41.3 Å². The van der Waals surface area contributed by atoms with Crippen molar-refractivity contribution < 1.29 is 9.59 Å². The van der Waals surface area contributed by atoms with Crippen LogP contribution < -0.4 is 5.32 Å². The molecule has 1 aliphatic heterocycles. The molecule has 0 atom stereocenters. The number of nitrogens with one attached hydrogen (secondary N) is 1. The number of thiazole rings is 1. The molecular formula is C9H11N3O2S. The fourth-order valence-electron chi connectivity index (χ4n) is 1.44. The highest BCUT2D eigenvalue weighted by Crippen LogP contribution is 2.11. The van der Waals surface area contributed by atoms with Crippen molar-refractivity contribution in [2.45, 2.75) is 6.92 Å². The summed E-state index contributed by atoms with van der Waals surface area (Å²) in [7, 11) is 0. The molecule has 0 radical (unpaired) electrons. The van der Waals surface area contributed by atoms with Crippen molar-refractivity contribution in [1.29, 1.82) is 0 Å². The Kier molecular flexibility index (Phi) is 2.68. The summed E-state index contributed by atoms with van der Waals surface area (Å²) in [6.07, 6.45) is 0. The van der Waals surface area contributed by atoms with Crippen molar-refractivity contribution >= 4 is 23.2 Å². The number of carbonyl (C=O) groups is 2. The number of hydrogen-bond donors (Lipinski definition) is 1. The number of amides is 2. The third-order valence-electron chi connectivity index (χ3n) is 2.16. The van der Waals surface area contributed by atoms with E-state index < -0.39 is 0 Å². The maximum atomic E-state index is 11.8. The predicted molar refractivity (Wildman–Crippen MR) is 55.8 cm³/mol. The number of nitrogens with zero attached hydrogens (tertiary/aromatic N) is 2. The topological polar surface area (TPSA) is 62.3 Å². The van der Waals surface area contributed by atoms with Gasteiger partial charge in [0, 0.05) is 18.5 Å². The predicted octanol–water partition coefficient (Wildman–Crippen LogP) is 0.0235.